The average Bonchev–Trinajstić information content (AvgIpc) is 3.25. The number of carbonyl (C=O) groups is 2. The number of fused-ring (bicyclic) bond motifs is 2. The monoisotopic (exact) mass is 512 g/mol. The molecule has 0 saturated heterocycles. The molecular weight excluding hydrogens is 487 g/mol. The number of rotatable bonds is 7. The van der Waals surface area contributed by atoms with Gasteiger partial charge in [0.1, 0.15) is 17.0 Å². The highest BCUT2D eigenvalue weighted by atomic mass is 32.2. The van der Waals surface area contributed by atoms with Gasteiger partial charge in [-0.3, -0.25) is 14.6 Å². The van der Waals surface area contributed by atoms with Crippen molar-refractivity contribution in [2.24, 2.45) is 11.8 Å². The number of aliphatic hydroxyl groups is 1. The zero-order valence-corrected chi connectivity index (χ0v) is 20.3. The smallest absolute Gasteiger partial charge is 0.235 e. The summed E-state index contributed by atoms with van der Waals surface area (Å²) in [4.78, 5) is 38.2. The summed E-state index contributed by atoms with van der Waals surface area (Å²) in [5.41, 5.74) is 1.34. The number of nitrogens with zero attached hydrogens (tertiary/aromatic N) is 3. The van der Waals surface area contributed by atoms with Crippen molar-refractivity contribution in [3.05, 3.63) is 42.0 Å². The van der Waals surface area contributed by atoms with Crippen LogP contribution in [0.1, 0.15) is 18.5 Å². The Balaban J connectivity index is 1.19. The number of aromatic nitrogens is 3. The Bertz CT molecular complexity index is 1330. The third-order valence-corrected chi connectivity index (χ3v) is 7.42. The maximum absolute atomic E-state index is 14.6. The van der Waals surface area contributed by atoms with Crippen molar-refractivity contribution in [3.63, 3.8) is 0 Å². The molecule has 2 aliphatic rings. The highest BCUT2D eigenvalue weighted by Crippen LogP contribution is 2.34. The number of nitrogens with one attached hydrogen (secondary N) is 3. The van der Waals surface area contributed by atoms with Gasteiger partial charge in [0, 0.05) is 25.1 Å². The van der Waals surface area contributed by atoms with Crippen LogP contribution in [0.5, 0.6) is 5.88 Å². The minimum absolute atomic E-state index is 0.0521. The van der Waals surface area contributed by atoms with Crippen molar-refractivity contribution in [3.8, 4) is 5.88 Å². The summed E-state index contributed by atoms with van der Waals surface area (Å²) >= 11 is 1.45. The van der Waals surface area contributed by atoms with E-state index in [1.54, 1.807) is 12.1 Å². The van der Waals surface area contributed by atoms with Crippen LogP contribution < -0.4 is 20.7 Å². The van der Waals surface area contributed by atoms with Gasteiger partial charge >= 0.3 is 0 Å². The number of hydrogen-bond donors (Lipinski definition) is 4. The lowest BCUT2D eigenvalue weighted by molar-refractivity contribution is -0.120. The molecule has 188 valence electrons. The summed E-state index contributed by atoms with van der Waals surface area (Å²) in [5, 5.41) is 19.3. The van der Waals surface area contributed by atoms with Gasteiger partial charge in [-0.05, 0) is 37.0 Å². The maximum atomic E-state index is 14.6. The van der Waals surface area contributed by atoms with Crippen molar-refractivity contribution in [2.45, 2.75) is 30.4 Å². The van der Waals surface area contributed by atoms with Crippen LogP contribution in [-0.4, -0.2) is 57.4 Å². The van der Waals surface area contributed by atoms with Crippen molar-refractivity contribution in [2.75, 3.05) is 30.0 Å². The second kappa shape index (κ2) is 10.3. The van der Waals surface area contributed by atoms with E-state index in [0.29, 0.717) is 36.6 Å². The van der Waals surface area contributed by atoms with Crippen molar-refractivity contribution in [1.82, 2.24) is 20.3 Å². The van der Waals surface area contributed by atoms with Gasteiger partial charge in [-0.15, -0.1) is 11.8 Å². The van der Waals surface area contributed by atoms with Gasteiger partial charge in [0.25, 0.3) is 0 Å². The van der Waals surface area contributed by atoms with Crippen molar-refractivity contribution in [1.29, 1.82) is 0 Å². The summed E-state index contributed by atoms with van der Waals surface area (Å²) in [6.45, 7) is 0.936. The maximum Gasteiger partial charge on any atom is 0.235 e. The molecule has 36 heavy (non-hydrogen) atoms. The van der Waals surface area contributed by atoms with Crippen LogP contribution in [0.25, 0.3) is 11.0 Å². The molecule has 1 fully saturated rings. The van der Waals surface area contributed by atoms with Crippen LogP contribution in [0.15, 0.2) is 35.4 Å². The molecule has 12 heteroatoms. The van der Waals surface area contributed by atoms with Crippen LogP contribution in [0.4, 0.5) is 15.9 Å². The van der Waals surface area contributed by atoms with Gasteiger partial charge in [-0.25, -0.2) is 14.4 Å². The fraction of sp³-hybridized carbons (Fsp3) is 0.375. The largest absolute Gasteiger partial charge is 0.481 e. The number of thioether (sulfide) groups is 1. The number of anilines is 2. The molecule has 4 N–H and O–H groups in total. The third-order valence-electron chi connectivity index (χ3n) is 6.37. The van der Waals surface area contributed by atoms with E-state index >= 15 is 0 Å². The summed E-state index contributed by atoms with van der Waals surface area (Å²) in [5.74, 6) is -0.538. The molecular formula is C24H25FN6O4S. The van der Waals surface area contributed by atoms with Gasteiger partial charge in [-0.2, -0.15) is 0 Å². The topological polar surface area (TPSA) is 138 Å². The predicted molar refractivity (Wildman–Crippen MR) is 132 cm³/mol. The molecule has 1 aliphatic heterocycles. The molecule has 0 spiro atoms. The minimum atomic E-state index is -0.694. The highest BCUT2D eigenvalue weighted by Gasteiger charge is 2.37. The second-order valence-corrected chi connectivity index (χ2v) is 9.82. The van der Waals surface area contributed by atoms with E-state index in [4.69, 9.17) is 4.74 Å². The van der Waals surface area contributed by atoms with E-state index in [1.807, 2.05) is 12.1 Å². The highest BCUT2D eigenvalue weighted by molar-refractivity contribution is 8.00. The van der Waals surface area contributed by atoms with Crippen LogP contribution in [0.2, 0.25) is 0 Å². The van der Waals surface area contributed by atoms with Gasteiger partial charge in [-0.1, -0.05) is 0 Å². The predicted octanol–water partition coefficient (Wildman–Crippen LogP) is 2.33. The lowest BCUT2D eigenvalue weighted by Gasteiger charge is -2.17. The Kier molecular flexibility index (Phi) is 6.99. The molecule has 10 nitrogen and oxygen atoms in total. The van der Waals surface area contributed by atoms with Gasteiger partial charge in [0.05, 0.1) is 41.3 Å². The van der Waals surface area contributed by atoms with Gasteiger partial charge in [0.15, 0.2) is 5.82 Å². The molecule has 0 bridgehead atoms. The standard InChI is InChI=1S/C24H25FN6O4S/c1-35-20-5-3-16-22(30-20)21(15(25)10-27-16)31-24(34)12-6-13(17(32)7-12)8-26-9-14-2-4-18-23(28-14)29-19(33)11-36-18/h2-5,10,12-13,17,26,32H,6-9,11H2,1H3,(H,27,31,34)(H,28,29,33)/t12?,13-,17-/m1/s1. The summed E-state index contributed by atoms with van der Waals surface area (Å²) in [6, 6.07) is 7.08. The normalized spacial score (nSPS) is 21.2. The second-order valence-electron chi connectivity index (χ2n) is 8.80. The van der Waals surface area contributed by atoms with Crippen LogP contribution in [0.3, 0.4) is 0 Å². The Hall–Kier alpha value is -3.35. The summed E-state index contributed by atoms with van der Waals surface area (Å²) in [6.07, 6.45) is 1.10. The van der Waals surface area contributed by atoms with Crippen LogP contribution in [0, 0.1) is 17.7 Å². The van der Waals surface area contributed by atoms with Gasteiger partial charge < -0.3 is 25.8 Å². The molecule has 3 aromatic rings. The lowest BCUT2D eigenvalue weighted by atomic mass is 10.0. The number of ether oxygens (including phenoxy) is 1. The zero-order chi connectivity index (χ0) is 25.2. The van der Waals surface area contributed by atoms with Crippen molar-refractivity contribution >= 4 is 46.1 Å². The van der Waals surface area contributed by atoms with Gasteiger partial charge in [0.2, 0.25) is 17.7 Å². The molecule has 4 heterocycles. The molecule has 0 aromatic carbocycles. The lowest BCUT2D eigenvalue weighted by Crippen LogP contribution is -2.28. The quantitative estimate of drug-likeness (QED) is 0.376. The average molecular weight is 513 g/mol. The SMILES string of the molecule is COc1ccc2ncc(F)c(NC(=O)C3C[C@H](CNCc4ccc5c(n4)NC(=O)CS5)[C@H](O)C3)c2n1. The van der Waals surface area contributed by atoms with E-state index in [0.717, 1.165) is 16.8 Å². The molecule has 2 amide bonds. The fourth-order valence-electron chi connectivity index (χ4n) is 4.51. The number of methoxy groups -OCH3 is 1. The first-order valence-corrected chi connectivity index (χ1v) is 12.5. The summed E-state index contributed by atoms with van der Waals surface area (Å²) in [7, 11) is 1.45. The van der Waals surface area contributed by atoms with Crippen LogP contribution in [-0.2, 0) is 16.1 Å². The van der Waals surface area contributed by atoms with Crippen molar-refractivity contribution < 1.29 is 23.8 Å². The first-order valence-electron chi connectivity index (χ1n) is 11.5. The fourth-order valence-corrected chi connectivity index (χ4v) is 5.26. The van der Waals surface area contributed by atoms with E-state index in [1.165, 1.54) is 18.9 Å². The summed E-state index contributed by atoms with van der Waals surface area (Å²) < 4.78 is 19.7. The van der Waals surface area contributed by atoms with E-state index in [2.05, 4.69) is 30.9 Å². The number of halogens is 1. The molecule has 0 radical (unpaired) electrons. The molecule has 3 aromatic heterocycles. The Morgan fingerprint density at radius 2 is 2.14 bits per heavy atom. The number of amides is 2. The minimum Gasteiger partial charge on any atom is -0.481 e. The first kappa shape index (κ1) is 24.3. The molecule has 3 atom stereocenters. The van der Waals surface area contributed by atoms with E-state index in [9.17, 15) is 19.1 Å². The molecule has 1 aliphatic carbocycles. The van der Waals surface area contributed by atoms with E-state index in [-0.39, 0.29) is 41.2 Å². The molecule has 5 rings (SSSR count). The number of aliphatic hydroxyl groups excluding tert-OH is 1. The third kappa shape index (κ3) is 5.11. The Labute approximate surface area is 210 Å². The molecule has 1 saturated carbocycles. The molecule has 1 unspecified atom stereocenters. The number of pyridine rings is 3. The first-order chi connectivity index (χ1) is 17.4. The Morgan fingerprint density at radius 3 is 2.97 bits per heavy atom. The Morgan fingerprint density at radius 1 is 1.28 bits per heavy atom. The number of hydrogen-bond acceptors (Lipinski definition) is 9. The zero-order valence-electron chi connectivity index (χ0n) is 19.5. The van der Waals surface area contributed by atoms with E-state index < -0.39 is 17.8 Å². The number of carbonyl (C=O) groups excluding carboxylic acids is 2. The van der Waals surface area contributed by atoms with Crippen LogP contribution >= 0.6 is 11.8 Å².